The van der Waals surface area contributed by atoms with Crippen molar-refractivity contribution >= 4 is 22.0 Å². The fourth-order valence-electron chi connectivity index (χ4n) is 0.859. The molecule has 4 heteroatoms. The summed E-state index contributed by atoms with van der Waals surface area (Å²) in [4.78, 5) is 17.6. The maximum atomic E-state index is 9.97. The highest BCUT2D eigenvalue weighted by molar-refractivity contribution is 9.10. The van der Waals surface area contributed by atoms with Crippen LogP contribution in [0.4, 0.5) is 0 Å². The first-order chi connectivity index (χ1) is 5.75. The molecule has 0 radical (unpaired) electrons. The number of aromatic nitrogens is 1. The number of hydrogen-bond acceptors (Lipinski definition) is 3. The summed E-state index contributed by atoms with van der Waals surface area (Å²) in [6, 6.07) is 3.48. The normalized spacial score (nSPS) is 11.8. The van der Waals surface area contributed by atoms with Crippen molar-refractivity contribution in [3.63, 3.8) is 0 Å². The molecular formula is C8H7BrN2O. The van der Waals surface area contributed by atoms with E-state index in [0.29, 0.717) is 0 Å². The smallest absolute Gasteiger partial charge is 0.235 e. The number of halogens is 1. The maximum Gasteiger partial charge on any atom is 0.235 e. The Morgan fingerprint density at radius 3 is 3.08 bits per heavy atom. The van der Waals surface area contributed by atoms with Crippen LogP contribution in [-0.4, -0.2) is 11.1 Å². The highest BCUT2D eigenvalue weighted by Crippen LogP contribution is 2.22. The van der Waals surface area contributed by atoms with E-state index in [4.69, 9.17) is 0 Å². The van der Waals surface area contributed by atoms with Gasteiger partial charge in [-0.05, 0) is 28.9 Å². The second-order valence-corrected chi connectivity index (χ2v) is 3.03. The Bertz CT molecular complexity index is 321. The van der Waals surface area contributed by atoms with Gasteiger partial charge < -0.3 is 0 Å². The van der Waals surface area contributed by atoms with Gasteiger partial charge in [0.25, 0.3) is 0 Å². The minimum atomic E-state index is -0.189. The van der Waals surface area contributed by atoms with Crippen LogP contribution in [-0.2, 0) is 4.79 Å². The van der Waals surface area contributed by atoms with E-state index in [1.807, 2.05) is 13.0 Å². The lowest BCUT2D eigenvalue weighted by molar-refractivity contribution is 0.559. The highest BCUT2D eigenvalue weighted by atomic mass is 79.9. The van der Waals surface area contributed by atoms with E-state index in [1.54, 1.807) is 12.3 Å². The summed E-state index contributed by atoms with van der Waals surface area (Å²) in [6.07, 6.45) is 3.19. The molecule has 3 nitrogen and oxygen atoms in total. The molecule has 0 amide bonds. The Hall–Kier alpha value is -0.990. The van der Waals surface area contributed by atoms with Crippen molar-refractivity contribution < 1.29 is 4.79 Å². The van der Waals surface area contributed by atoms with Gasteiger partial charge in [-0.1, -0.05) is 6.07 Å². The van der Waals surface area contributed by atoms with Crippen LogP contribution in [0, 0.1) is 0 Å². The van der Waals surface area contributed by atoms with E-state index < -0.39 is 0 Å². The number of pyridine rings is 1. The number of isocyanates is 1. The van der Waals surface area contributed by atoms with Gasteiger partial charge in [0.1, 0.15) is 4.60 Å². The molecule has 0 aliphatic rings. The van der Waals surface area contributed by atoms with Gasteiger partial charge in [0.2, 0.25) is 6.08 Å². The Morgan fingerprint density at radius 1 is 1.75 bits per heavy atom. The largest absolute Gasteiger partial charge is 0.249 e. The standard InChI is InChI=1S/C8H7BrN2O/c1-6(11-5-12)7-3-2-4-10-8(7)9/h2-4,6H,1H3. The van der Waals surface area contributed by atoms with Crippen LogP contribution in [0.1, 0.15) is 18.5 Å². The molecule has 12 heavy (non-hydrogen) atoms. The molecule has 1 aromatic rings. The molecule has 0 aromatic carbocycles. The van der Waals surface area contributed by atoms with Gasteiger partial charge in [0, 0.05) is 11.8 Å². The van der Waals surface area contributed by atoms with Crippen LogP contribution in [0.15, 0.2) is 27.9 Å². The minimum absolute atomic E-state index is 0.189. The first-order valence-electron chi connectivity index (χ1n) is 3.43. The summed E-state index contributed by atoms with van der Waals surface area (Å²) >= 11 is 3.27. The SMILES string of the molecule is CC(N=C=O)c1cccnc1Br. The number of nitrogens with zero attached hydrogens (tertiary/aromatic N) is 2. The summed E-state index contributed by atoms with van der Waals surface area (Å²) in [6.45, 7) is 1.81. The predicted octanol–water partition coefficient (Wildman–Crippen LogP) is 2.24. The van der Waals surface area contributed by atoms with Gasteiger partial charge in [0.05, 0.1) is 6.04 Å². The molecule has 1 rings (SSSR count). The van der Waals surface area contributed by atoms with E-state index in [1.165, 1.54) is 6.08 Å². The van der Waals surface area contributed by atoms with E-state index in [-0.39, 0.29) is 6.04 Å². The lowest BCUT2D eigenvalue weighted by Crippen LogP contribution is -1.91. The van der Waals surface area contributed by atoms with E-state index in [0.717, 1.165) is 10.2 Å². The van der Waals surface area contributed by atoms with Crippen LogP contribution in [0.2, 0.25) is 0 Å². The van der Waals surface area contributed by atoms with Gasteiger partial charge in [-0.15, -0.1) is 0 Å². The Kier molecular flexibility index (Phi) is 3.14. The van der Waals surface area contributed by atoms with Crippen LogP contribution < -0.4 is 0 Å². The van der Waals surface area contributed by atoms with Crippen LogP contribution >= 0.6 is 15.9 Å². The second-order valence-electron chi connectivity index (χ2n) is 2.28. The van der Waals surface area contributed by atoms with Crippen molar-refractivity contribution in [2.24, 2.45) is 4.99 Å². The molecule has 62 valence electrons. The fourth-order valence-corrected chi connectivity index (χ4v) is 1.44. The molecule has 0 aliphatic heterocycles. The molecule has 1 heterocycles. The fraction of sp³-hybridized carbons (Fsp3) is 0.250. The molecule has 0 saturated heterocycles. The van der Waals surface area contributed by atoms with Crippen molar-refractivity contribution in [1.82, 2.24) is 4.98 Å². The summed E-state index contributed by atoms with van der Waals surface area (Å²) < 4.78 is 0.719. The lowest BCUT2D eigenvalue weighted by atomic mass is 10.2. The second kappa shape index (κ2) is 4.14. The van der Waals surface area contributed by atoms with Crippen LogP contribution in [0.5, 0.6) is 0 Å². The van der Waals surface area contributed by atoms with Crippen LogP contribution in [0.3, 0.4) is 0 Å². The molecule has 0 N–H and O–H groups in total. The summed E-state index contributed by atoms with van der Waals surface area (Å²) in [5.74, 6) is 0. The molecule has 1 aromatic heterocycles. The van der Waals surface area contributed by atoms with Gasteiger partial charge in [-0.3, -0.25) is 0 Å². The topological polar surface area (TPSA) is 42.3 Å². The summed E-state index contributed by atoms with van der Waals surface area (Å²) in [7, 11) is 0. The van der Waals surface area contributed by atoms with Crippen molar-refractivity contribution in [2.75, 3.05) is 0 Å². The molecule has 0 bridgehead atoms. The number of carbonyl (C=O) groups excluding carboxylic acids is 1. The average molecular weight is 227 g/mol. The molecule has 0 spiro atoms. The quantitative estimate of drug-likeness (QED) is 0.441. The predicted molar refractivity (Wildman–Crippen MR) is 48.5 cm³/mol. The van der Waals surface area contributed by atoms with Crippen molar-refractivity contribution in [3.8, 4) is 0 Å². The lowest BCUT2D eigenvalue weighted by Gasteiger charge is -2.04. The minimum Gasteiger partial charge on any atom is -0.249 e. The first-order valence-corrected chi connectivity index (χ1v) is 4.22. The van der Waals surface area contributed by atoms with Crippen molar-refractivity contribution in [1.29, 1.82) is 0 Å². The molecule has 1 unspecified atom stereocenters. The van der Waals surface area contributed by atoms with Gasteiger partial charge in [-0.2, -0.15) is 4.99 Å². The van der Waals surface area contributed by atoms with Gasteiger partial charge >= 0.3 is 0 Å². The van der Waals surface area contributed by atoms with Crippen LogP contribution in [0.25, 0.3) is 0 Å². The molecular weight excluding hydrogens is 220 g/mol. The van der Waals surface area contributed by atoms with Crippen molar-refractivity contribution in [3.05, 3.63) is 28.5 Å². The highest BCUT2D eigenvalue weighted by Gasteiger charge is 2.06. The summed E-state index contributed by atoms with van der Waals surface area (Å²) in [5.41, 5.74) is 0.890. The zero-order valence-corrected chi connectivity index (χ0v) is 8.08. The van der Waals surface area contributed by atoms with E-state index >= 15 is 0 Å². The van der Waals surface area contributed by atoms with Gasteiger partial charge in [-0.25, -0.2) is 9.78 Å². The number of rotatable bonds is 2. The zero-order valence-electron chi connectivity index (χ0n) is 6.49. The third kappa shape index (κ3) is 2.00. The number of aliphatic imine (C=N–C) groups is 1. The molecule has 0 fully saturated rings. The zero-order chi connectivity index (χ0) is 8.97. The first kappa shape index (κ1) is 9.10. The average Bonchev–Trinajstić information content (AvgIpc) is 2.05. The maximum absolute atomic E-state index is 9.97. The van der Waals surface area contributed by atoms with Crippen molar-refractivity contribution in [2.45, 2.75) is 13.0 Å². The molecule has 0 aliphatic carbocycles. The third-order valence-electron chi connectivity index (χ3n) is 1.48. The number of hydrogen-bond donors (Lipinski definition) is 0. The molecule has 1 atom stereocenters. The Morgan fingerprint density at radius 2 is 2.50 bits per heavy atom. The third-order valence-corrected chi connectivity index (χ3v) is 2.15. The van der Waals surface area contributed by atoms with Gasteiger partial charge in [0.15, 0.2) is 0 Å². The molecule has 0 saturated carbocycles. The van der Waals surface area contributed by atoms with E-state index in [2.05, 4.69) is 25.9 Å². The Balaban J connectivity index is 3.02. The Labute approximate surface area is 78.7 Å². The summed E-state index contributed by atoms with van der Waals surface area (Å²) in [5, 5.41) is 0. The monoisotopic (exact) mass is 226 g/mol. The van der Waals surface area contributed by atoms with E-state index in [9.17, 15) is 4.79 Å².